The third kappa shape index (κ3) is 12.7. The number of ether oxygens (including phenoxy) is 2. The van der Waals surface area contributed by atoms with Gasteiger partial charge in [0.05, 0.1) is 19.7 Å². The van der Waals surface area contributed by atoms with E-state index in [4.69, 9.17) is 9.47 Å². The number of hydrogen-bond donors (Lipinski definition) is 2. The van der Waals surface area contributed by atoms with Crippen LogP contribution in [0.15, 0.2) is 0 Å². The summed E-state index contributed by atoms with van der Waals surface area (Å²) < 4.78 is 10.8. The fourth-order valence-electron chi connectivity index (χ4n) is 4.22. The second kappa shape index (κ2) is 17.2. The van der Waals surface area contributed by atoms with Crippen molar-refractivity contribution in [2.24, 2.45) is 0 Å². The topological polar surface area (TPSA) is 89.6 Å². The van der Waals surface area contributed by atoms with Crippen molar-refractivity contribution in [2.45, 2.75) is 19.3 Å². The molecule has 0 saturated carbocycles. The van der Waals surface area contributed by atoms with E-state index >= 15 is 0 Å². The van der Waals surface area contributed by atoms with Gasteiger partial charge in [-0.1, -0.05) is 0 Å². The summed E-state index contributed by atoms with van der Waals surface area (Å²) in [6.07, 6.45) is 3.20. The van der Waals surface area contributed by atoms with Crippen molar-refractivity contribution in [3.05, 3.63) is 0 Å². The Bertz CT molecular complexity index is 537. The lowest BCUT2D eigenvalue weighted by Crippen LogP contribution is -2.49. The van der Waals surface area contributed by atoms with Crippen molar-refractivity contribution in [1.82, 2.24) is 30.2 Å². The van der Waals surface area contributed by atoms with Gasteiger partial charge in [-0.3, -0.25) is 19.4 Å². The number of methoxy groups -OCH3 is 1. The van der Waals surface area contributed by atoms with E-state index in [0.29, 0.717) is 26.2 Å². The molecule has 192 valence electrons. The maximum atomic E-state index is 12.1. The number of carbonyl (C=O) groups excluding carboxylic acids is 2. The third-order valence-corrected chi connectivity index (χ3v) is 6.35. The van der Waals surface area contributed by atoms with Gasteiger partial charge < -0.3 is 29.9 Å². The summed E-state index contributed by atoms with van der Waals surface area (Å²) in [7, 11) is 3.42. The summed E-state index contributed by atoms with van der Waals surface area (Å²) in [5, 5.41) is 5.65. The molecule has 10 heteroatoms. The van der Waals surface area contributed by atoms with Gasteiger partial charge in [-0.2, -0.15) is 0 Å². The van der Waals surface area contributed by atoms with Crippen LogP contribution in [-0.4, -0.2) is 150 Å². The van der Waals surface area contributed by atoms with Gasteiger partial charge in [0.2, 0.25) is 11.8 Å². The molecule has 2 heterocycles. The summed E-state index contributed by atoms with van der Waals surface area (Å²) in [6.45, 7) is 13.7. The molecule has 2 aliphatic rings. The molecule has 0 unspecified atom stereocenters. The Morgan fingerprint density at radius 3 is 1.82 bits per heavy atom. The zero-order chi connectivity index (χ0) is 23.7. The predicted octanol–water partition coefficient (Wildman–Crippen LogP) is -1.08. The number of carbonyl (C=O) groups is 2. The molecule has 2 rings (SSSR count). The number of amides is 2. The fourth-order valence-corrected chi connectivity index (χ4v) is 4.22. The van der Waals surface area contributed by atoms with Crippen molar-refractivity contribution in [3.8, 4) is 0 Å². The van der Waals surface area contributed by atoms with E-state index in [2.05, 4.69) is 30.2 Å². The quantitative estimate of drug-likeness (QED) is 0.275. The Kier molecular flexibility index (Phi) is 14.5. The van der Waals surface area contributed by atoms with Crippen molar-refractivity contribution in [2.75, 3.05) is 119 Å². The van der Waals surface area contributed by atoms with Gasteiger partial charge in [0.25, 0.3) is 0 Å². The van der Waals surface area contributed by atoms with E-state index in [1.54, 1.807) is 14.2 Å². The third-order valence-electron chi connectivity index (χ3n) is 6.35. The van der Waals surface area contributed by atoms with Crippen LogP contribution in [0.2, 0.25) is 0 Å². The number of likely N-dealkylation sites (N-methyl/N-ethyl adjacent to an activating group) is 1. The summed E-state index contributed by atoms with van der Waals surface area (Å²) >= 11 is 0. The number of piperazine rings is 2. The van der Waals surface area contributed by atoms with Gasteiger partial charge in [-0.15, -0.1) is 0 Å². The summed E-state index contributed by atoms with van der Waals surface area (Å²) in [5.41, 5.74) is 0. The highest BCUT2D eigenvalue weighted by Crippen LogP contribution is 2.04. The number of nitrogens with zero attached hydrogens (tertiary/aromatic N) is 4. The maximum absolute atomic E-state index is 12.1. The van der Waals surface area contributed by atoms with E-state index < -0.39 is 0 Å². The SMILES string of the molecule is CNC(=O)CN1CCN(CCCCOCCNC(=O)CN2CCN(CCCOC)CC2)CC1. The highest BCUT2D eigenvalue weighted by Gasteiger charge is 2.19. The molecule has 2 saturated heterocycles. The number of unbranched alkanes of at least 4 members (excludes halogenated alkanes) is 1. The van der Waals surface area contributed by atoms with E-state index in [-0.39, 0.29) is 11.8 Å². The highest BCUT2D eigenvalue weighted by molar-refractivity contribution is 5.78. The van der Waals surface area contributed by atoms with Crippen LogP contribution in [0.3, 0.4) is 0 Å². The Hall–Kier alpha value is -1.30. The van der Waals surface area contributed by atoms with Gasteiger partial charge >= 0.3 is 0 Å². The monoisotopic (exact) mass is 470 g/mol. The van der Waals surface area contributed by atoms with E-state index in [9.17, 15) is 9.59 Å². The molecule has 0 spiro atoms. The van der Waals surface area contributed by atoms with Crippen molar-refractivity contribution in [3.63, 3.8) is 0 Å². The van der Waals surface area contributed by atoms with E-state index in [1.807, 2.05) is 0 Å². The van der Waals surface area contributed by atoms with Gasteiger partial charge in [0.15, 0.2) is 0 Å². The summed E-state index contributed by atoms with van der Waals surface area (Å²) in [6, 6.07) is 0. The molecule has 0 radical (unpaired) electrons. The average molecular weight is 471 g/mol. The van der Waals surface area contributed by atoms with Crippen molar-refractivity contribution in [1.29, 1.82) is 0 Å². The van der Waals surface area contributed by atoms with Gasteiger partial charge in [-0.25, -0.2) is 0 Å². The molecule has 0 atom stereocenters. The highest BCUT2D eigenvalue weighted by atomic mass is 16.5. The van der Waals surface area contributed by atoms with E-state index in [0.717, 1.165) is 97.9 Å². The molecule has 2 fully saturated rings. The zero-order valence-corrected chi connectivity index (χ0v) is 20.9. The van der Waals surface area contributed by atoms with E-state index in [1.165, 1.54) is 0 Å². The lowest BCUT2D eigenvalue weighted by Gasteiger charge is -2.34. The predicted molar refractivity (Wildman–Crippen MR) is 129 cm³/mol. The molecule has 0 aromatic rings. The van der Waals surface area contributed by atoms with Crippen LogP contribution in [0.4, 0.5) is 0 Å². The maximum Gasteiger partial charge on any atom is 0.234 e. The number of nitrogens with one attached hydrogen (secondary N) is 2. The largest absolute Gasteiger partial charge is 0.385 e. The Balaban J connectivity index is 1.37. The van der Waals surface area contributed by atoms with Gasteiger partial charge in [-0.05, 0) is 25.8 Å². The Labute approximate surface area is 199 Å². The van der Waals surface area contributed by atoms with Gasteiger partial charge in [0.1, 0.15) is 0 Å². The normalized spacial score (nSPS) is 19.0. The molecule has 2 aliphatic heterocycles. The van der Waals surface area contributed by atoms with Crippen LogP contribution in [0.25, 0.3) is 0 Å². The van der Waals surface area contributed by atoms with Crippen LogP contribution >= 0.6 is 0 Å². The fraction of sp³-hybridized carbons (Fsp3) is 0.913. The molecule has 33 heavy (non-hydrogen) atoms. The second-order valence-corrected chi connectivity index (χ2v) is 8.92. The molecule has 0 aromatic carbocycles. The first-order chi connectivity index (χ1) is 16.1. The molecule has 10 nitrogen and oxygen atoms in total. The molecule has 2 N–H and O–H groups in total. The molecule has 0 bridgehead atoms. The first-order valence-electron chi connectivity index (χ1n) is 12.5. The first-order valence-corrected chi connectivity index (χ1v) is 12.5. The Morgan fingerprint density at radius 2 is 1.24 bits per heavy atom. The van der Waals surface area contributed by atoms with Crippen molar-refractivity contribution < 1.29 is 19.1 Å². The Morgan fingerprint density at radius 1 is 0.697 bits per heavy atom. The standard InChI is InChI=1S/C23H46N6O4/c1-24-22(30)20-28-13-9-26(10-14-28)7-3-4-18-33-19-6-25-23(31)21-29-15-11-27(12-16-29)8-5-17-32-2/h3-21H2,1-2H3,(H,24,30)(H,25,31). The van der Waals surface area contributed by atoms with Crippen LogP contribution < -0.4 is 10.6 Å². The average Bonchev–Trinajstić information content (AvgIpc) is 2.83. The summed E-state index contributed by atoms with van der Waals surface area (Å²) in [5.74, 6) is 0.172. The van der Waals surface area contributed by atoms with Crippen molar-refractivity contribution >= 4 is 11.8 Å². The molecule has 0 aromatic heterocycles. The zero-order valence-electron chi connectivity index (χ0n) is 20.9. The lowest BCUT2D eigenvalue weighted by molar-refractivity contribution is -0.123. The molecule has 2 amide bonds. The van der Waals surface area contributed by atoms with Crippen LogP contribution in [-0.2, 0) is 19.1 Å². The first kappa shape index (κ1) is 27.9. The smallest absolute Gasteiger partial charge is 0.234 e. The molecular formula is C23H46N6O4. The molecular weight excluding hydrogens is 424 g/mol. The molecule has 0 aliphatic carbocycles. The van der Waals surface area contributed by atoms with Crippen LogP contribution in [0, 0.1) is 0 Å². The van der Waals surface area contributed by atoms with Crippen LogP contribution in [0.5, 0.6) is 0 Å². The number of rotatable bonds is 16. The minimum absolute atomic E-state index is 0.0852. The summed E-state index contributed by atoms with van der Waals surface area (Å²) in [4.78, 5) is 32.9. The number of hydrogen-bond acceptors (Lipinski definition) is 8. The van der Waals surface area contributed by atoms with Crippen LogP contribution in [0.1, 0.15) is 19.3 Å². The minimum Gasteiger partial charge on any atom is -0.385 e. The minimum atomic E-state index is 0.0852. The van der Waals surface area contributed by atoms with Gasteiger partial charge in [0, 0.05) is 92.8 Å². The lowest BCUT2D eigenvalue weighted by atomic mass is 10.2. The second-order valence-electron chi connectivity index (χ2n) is 8.92.